The topological polar surface area (TPSA) is 60.7 Å². The minimum absolute atomic E-state index is 0.212. The number of hydrogen-bond acceptors (Lipinski definition) is 3. The van der Waals surface area contributed by atoms with E-state index in [-0.39, 0.29) is 5.88 Å². The molecule has 0 atom stereocenters. The highest BCUT2D eigenvalue weighted by Gasteiger charge is 2.18. The van der Waals surface area contributed by atoms with Gasteiger partial charge in [-0.3, -0.25) is 0 Å². The predicted octanol–water partition coefficient (Wildman–Crippen LogP) is 2.52. The number of aromatic amines is 1. The van der Waals surface area contributed by atoms with Crippen LogP contribution in [0.5, 0.6) is 5.88 Å². The van der Waals surface area contributed by atoms with Crippen molar-refractivity contribution in [3.8, 4) is 5.88 Å². The van der Waals surface area contributed by atoms with Crippen molar-refractivity contribution in [2.45, 2.75) is 19.8 Å². The lowest BCUT2D eigenvalue weighted by atomic mass is 9.95. The van der Waals surface area contributed by atoms with Crippen molar-refractivity contribution in [2.75, 3.05) is 0 Å². The number of hydrogen-bond donors (Lipinski definition) is 2. The fourth-order valence-corrected chi connectivity index (χ4v) is 2.21. The van der Waals surface area contributed by atoms with Crippen molar-refractivity contribution in [3.05, 3.63) is 28.1 Å². The Morgan fingerprint density at radius 1 is 1.41 bits per heavy atom. The van der Waals surface area contributed by atoms with Crippen LogP contribution in [0.25, 0.3) is 12.2 Å². The monoisotopic (exact) mass is 227 g/mol. The number of fused-ring (bicyclic) bond motifs is 1. The highest BCUT2D eigenvalue weighted by Crippen LogP contribution is 2.33. The maximum absolute atomic E-state index is 9.92. The van der Waals surface area contributed by atoms with Crippen LogP contribution >= 0.6 is 0 Å². The molecule has 1 aromatic heterocycles. The molecule has 0 radical (unpaired) electrons. The number of H-pyrrole nitrogens is 1. The molecule has 1 aliphatic heterocycles. The van der Waals surface area contributed by atoms with Gasteiger partial charge in [-0.2, -0.15) is 0 Å². The number of aromatic nitrogens is 1. The Bertz CT molecular complexity index is 574. The summed E-state index contributed by atoms with van der Waals surface area (Å²) >= 11 is 0. The Hall–Kier alpha value is -2.10. The van der Waals surface area contributed by atoms with Gasteiger partial charge in [-0.25, -0.2) is 9.98 Å². The van der Waals surface area contributed by atoms with Gasteiger partial charge in [0.05, 0.1) is 11.9 Å². The number of allylic oxidation sites excluding steroid dienone is 2. The lowest BCUT2D eigenvalue weighted by molar-refractivity contribution is 0.455. The molecular weight excluding hydrogens is 214 g/mol. The summed E-state index contributed by atoms with van der Waals surface area (Å²) in [5.74, 6) is 0.212. The van der Waals surface area contributed by atoms with Crippen molar-refractivity contribution in [1.82, 2.24) is 4.98 Å². The fraction of sp³-hybridized carbons (Fsp3) is 0.231. The molecule has 0 unspecified atom stereocenters. The molecule has 3 rings (SSSR count). The molecule has 2 heterocycles. The third-order valence-corrected chi connectivity index (χ3v) is 3.09. The van der Waals surface area contributed by atoms with Gasteiger partial charge in [0.1, 0.15) is 6.34 Å². The molecule has 0 saturated heterocycles. The average molecular weight is 227 g/mol. The van der Waals surface area contributed by atoms with Crippen LogP contribution in [0.15, 0.2) is 21.3 Å². The molecule has 4 nitrogen and oxygen atoms in total. The van der Waals surface area contributed by atoms with Crippen molar-refractivity contribution in [3.63, 3.8) is 0 Å². The van der Waals surface area contributed by atoms with Crippen molar-refractivity contribution in [1.29, 1.82) is 0 Å². The molecule has 0 bridgehead atoms. The van der Waals surface area contributed by atoms with Gasteiger partial charge in [-0.1, -0.05) is 5.57 Å². The summed E-state index contributed by atoms with van der Waals surface area (Å²) in [5, 5.41) is 9.92. The van der Waals surface area contributed by atoms with Gasteiger partial charge in [0.25, 0.3) is 0 Å². The summed E-state index contributed by atoms with van der Waals surface area (Å²) in [6, 6.07) is 0. The van der Waals surface area contributed by atoms with E-state index in [4.69, 9.17) is 0 Å². The molecule has 1 aromatic rings. The standard InChI is InChI=1S/C13H13N3O/c1-8-2-3-10-11(5-9-6-14-7-15-9)13(17)16-12(10)4-8/h4-7,16-17H,2-3H2,1H3. The third-order valence-electron chi connectivity index (χ3n) is 3.09. The molecular formula is C13H13N3O. The Morgan fingerprint density at radius 3 is 3.06 bits per heavy atom. The first kappa shape index (κ1) is 10.1. The molecule has 0 spiro atoms. The van der Waals surface area contributed by atoms with Crippen molar-refractivity contribution < 1.29 is 5.11 Å². The molecule has 86 valence electrons. The van der Waals surface area contributed by atoms with Crippen LogP contribution < -0.4 is 0 Å². The quantitative estimate of drug-likeness (QED) is 0.760. The minimum Gasteiger partial charge on any atom is -0.494 e. The van der Waals surface area contributed by atoms with E-state index in [1.807, 2.05) is 6.08 Å². The van der Waals surface area contributed by atoms with E-state index < -0.39 is 0 Å². The van der Waals surface area contributed by atoms with Gasteiger partial charge in [0.15, 0.2) is 5.88 Å². The molecule has 4 heteroatoms. The largest absolute Gasteiger partial charge is 0.494 e. The number of nitrogens with zero attached hydrogens (tertiary/aromatic N) is 2. The zero-order valence-electron chi connectivity index (χ0n) is 9.57. The highest BCUT2D eigenvalue weighted by molar-refractivity contribution is 5.96. The lowest BCUT2D eigenvalue weighted by Crippen LogP contribution is -1.96. The van der Waals surface area contributed by atoms with Gasteiger partial charge < -0.3 is 10.1 Å². The molecule has 0 saturated carbocycles. The van der Waals surface area contributed by atoms with E-state index in [0.717, 1.165) is 35.4 Å². The number of aromatic hydroxyl groups is 1. The smallest absolute Gasteiger partial charge is 0.196 e. The normalized spacial score (nSPS) is 19.8. The number of nitrogens with one attached hydrogen (secondary N) is 1. The minimum atomic E-state index is 0.212. The van der Waals surface area contributed by atoms with E-state index in [0.29, 0.717) is 0 Å². The van der Waals surface area contributed by atoms with Gasteiger partial charge in [0.2, 0.25) is 0 Å². The Balaban J connectivity index is 2.09. The van der Waals surface area contributed by atoms with E-state index in [1.165, 1.54) is 11.9 Å². The van der Waals surface area contributed by atoms with Crippen molar-refractivity contribution in [2.24, 2.45) is 9.98 Å². The van der Waals surface area contributed by atoms with E-state index in [2.05, 4.69) is 28.0 Å². The summed E-state index contributed by atoms with van der Waals surface area (Å²) in [7, 11) is 0. The first-order chi connectivity index (χ1) is 8.24. The second-order valence-corrected chi connectivity index (χ2v) is 4.36. The lowest BCUT2D eigenvalue weighted by Gasteiger charge is -2.09. The maximum atomic E-state index is 9.92. The van der Waals surface area contributed by atoms with E-state index >= 15 is 0 Å². The second kappa shape index (κ2) is 3.73. The Kier molecular flexibility index (Phi) is 2.21. The summed E-state index contributed by atoms with van der Waals surface area (Å²) in [6.07, 6.45) is 9.14. The van der Waals surface area contributed by atoms with Crippen LogP contribution in [0.3, 0.4) is 0 Å². The first-order valence-electron chi connectivity index (χ1n) is 5.62. The van der Waals surface area contributed by atoms with Crippen LogP contribution in [0, 0.1) is 0 Å². The SMILES string of the molecule is CC1=Cc2[nH]c(O)c(C=C3C=NC=N3)c2CC1. The summed E-state index contributed by atoms with van der Waals surface area (Å²) in [6.45, 7) is 2.10. The van der Waals surface area contributed by atoms with Crippen LogP contribution in [-0.2, 0) is 6.42 Å². The maximum Gasteiger partial charge on any atom is 0.196 e. The number of rotatable bonds is 1. The van der Waals surface area contributed by atoms with Crippen molar-refractivity contribution >= 4 is 24.7 Å². The molecule has 1 aliphatic carbocycles. The molecule has 0 aromatic carbocycles. The van der Waals surface area contributed by atoms with Gasteiger partial charge in [0, 0.05) is 11.3 Å². The average Bonchev–Trinajstić information content (AvgIpc) is 2.88. The first-order valence-corrected chi connectivity index (χ1v) is 5.62. The summed E-state index contributed by atoms with van der Waals surface area (Å²) in [5.41, 5.74) is 5.11. The molecule has 0 fully saturated rings. The van der Waals surface area contributed by atoms with Gasteiger partial charge >= 0.3 is 0 Å². The number of aliphatic imine (C=N–C) groups is 2. The molecule has 2 aliphatic rings. The van der Waals surface area contributed by atoms with Crippen LogP contribution in [0.2, 0.25) is 0 Å². The summed E-state index contributed by atoms with van der Waals surface area (Å²) in [4.78, 5) is 11.0. The third kappa shape index (κ3) is 1.71. The van der Waals surface area contributed by atoms with Crippen LogP contribution in [0.1, 0.15) is 30.2 Å². The van der Waals surface area contributed by atoms with Crippen LogP contribution in [-0.4, -0.2) is 22.6 Å². The predicted molar refractivity (Wildman–Crippen MR) is 69.4 cm³/mol. The zero-order valence-corrected chi connectivity index (χ0v) is 9.57. The Labute approximate surface area is 99.1 Å². The second-order valence-electron chi connectivity index (χ2n) is 4.36. The molecule has 0 amide bonds. The highest BCUT2D eigenvalue weighted by atomic mass is 16.3. The van der Waals surface area contributed by atoms with Gasteiger partial charge in [-0.05, 0) is 37.5 Å². The molecule has 17 heavy (non-hydrogen) atoms. The fourth-order valence-electron chi connectivity index (χ4n) is 2.21. The van der Waals surface area contributed by atoms with Crippen LogP contribution in [0.4, 0.5) is 0 Å². The molecule has 2 N–H and O–H groups in total. The Morgan fingerprint density at radius 2 is 2.29 bits per heavy atom. The van der Waals surface area contributed by atoms with E-state index in [9.17, 15) is 5.11 Å². The van der Waals surface area contributed by atoms with E-state index in [1.54, 1.807) is 6.21 Å². The zero-order chi connectivity index (χ0) is 11.8. The van der Waals surface area contributed by atoms with Gasteiger partial charge in [-0.15, -0.1) is 0 Å². The summed E-state index contributed by atoms with van der Waals surface area (Å²) < 4.78 is 0.